The topological polar surface area (TPSA) is 39.1 Å². The molecule has 2 rings (SSSR count). The molecule has 3 heteroatoms. The average molecular weight is 243 g/mol. The minimum atomic E-state index is 0.248. The molecule has 1 saturated carbocycles. The van der Waals surface area contributed by atoms with Gasteiger partial charge in [0.15, 0.2) is 0 Å². The number of hydrogen-bond acceptors (Lipinski definition) is 3. The maximum absolute atomic E-state index is 8.81. The van der Waals surface area contributed by atoms with Crippen LogP contribution in [0.4, 0.5) is 11.4 Å². The van der Waals surface area contributed by atoms with E-state index in [1.807, 2.05) is 0 Å². The van der Waals surface area contributed by atoms with E-state index in [-0.39, 0.29) is 5.41 Å². The molecule has 1 aromatic rings. The molecule has 0 aliphatic heterocycles. The Morgan fingerprint density at radius 2 is 2.11 bits per heavy atom. The molecule has 0 saturated heterocycles. The van der Waals surface area contributed by atoms with Crippen LogP contribution in [0.3, 0.4) is 0 Å². The molecule has 1 N–H and O–H groups in total. The van der Waals surface area contributed by atoms with Gasteiger partial charge < -0.3 is 10.2 Å². The summed E-state index contributed by atoms with van der Waals surface area (Å²) in [4.78, 5) is 2.13. The number of nitrogens with one attached hydrogen (secondary N) is 1. The maximum Gasteiger partial charge on any atom is 0.0628 e. The number of rotatable bonds is 5. The summed E-state index contributed by atoms with van der Waals surface area (Å²) in [6, 6.07) is 8.73. The molecule has 1 aliphatic rings. The Bertz CT molecular complexity index is 467. The fourth-order valence-electron chi connectivity index (χ4n) is 2.25. The van der Waals surface area contributed by atoms with Crippen LogP contribution in [0.25, 0.3) is 0 Å². The Morgan fingerprint density at radius 1 is 1.39 bits per heavy atom. The summed E-state index contributed by atoms with van der Waals surface area (Å²) >= 11 is 0. The van der Waals surface area contributed by atoms with Crippen LogP contribution in [0.2, 0.25) is 0 Å². The molecule has 18 heavy (non-hydrogen) atoms. The second-order valence-electron chi connectivity index (χ2n) is 5.58. The molecule has 1 fully saturated rings. The van der Waals surface area contributed by atoms with Crippen molar-refractivity contribution in [1.82, 2.24) is 0 Å². The molecule has 3 nitrogen and oxygen atoms in total. The largest absolute Gasteiger partial charge is 0.384 e. The lowest BCUT2D eigenvalue weighted by Gasteiger charge is -2.19. The van der Waals surface area contributed by atoms with Gasteiger partial charge >= 0.3 is 0 Å². The first-order valence-corrected chi connectivity index (χ1v) is 6.45. The molecule has 1 aromatic carbocycles. The molecule has 0 radical (unpaired) electrons. The zero-order valence-electron chi connectivity index (χ0n) is 11.5. The highest BCUT2D eigenvalue weighted by Crippen LogP contribution is 2.48. The van der Waals surface area contributed by atoms with Gasteiger partial charge in [-0.2, -0.15) is 5.26 Å². The van der Waals surface area contributed by atoms with Crippen LogP contribution in [-0.4, -0.2) is 20.6 Å². The van der Waals surface area contributed by atoms with E-state index < -0.39 is 0 Å². The van der Waals surface area contributed by atoms with Crippen molar-refractivity contribution >= 4 is 11.4 Å². The van der Waals surface area contributed by atoms with Gasteiger partial charge in [0, 0.05) is 43.9 Å². The number of anilines is 2. The van der Waals surface area contributed by atoms with Crippen molar-refractivity contribution in [2.45, 2.75) is 26.2 Å². The maximum atomic E-state index is 8.81. The van der Waals surface area contributed by atoms with Gasteiger partial charge in [0.1, 0.15) is 0 Å². The number of nitriles is 1. The Labute approximate surface area is 109 Å². The van der Waals surface area contributed by atoms with Crippen molar-refractivity contribution in [2.24, 2.45) is 5.41 Å². The van der Waals surface area contributed by atoms with E-state index in [0.29, 0.717) is 6.42 Å². The molecular formula is C15H21N3. The van der Waals surface area contributed by atoms with Crippen LogP contribution in [0.5, 0.6) is 0 Å². The molecule has 0 spiro atoms. The van der Waals surface area contributed by atoms with Crippen LogP contribution < -0.4 is 10.2 Å². The van der Waals surface area contributed by atoms with Gasteiger partial charge in [0.2, 0.25) is 0 Å². The molecule has 0 amide bonds. The second-order valence-corrected chi connectivity index (χ2v) is 5.58. The Hall–Kier alpha value is -1.69. The van der Waals surface area contributed by atoms with E-state index >= 15 is 0 Å². The smallest absolute Gasteiger partial charge is 0.0628 e. The summed E-state index contributed by atoms with van der Waals surface area (Å²) in [5.74, 6) is 0. The first-order chi connectivity index (χ1) is 8.56. The van der Waals surface area contributed by atoms with E-state index in [4.69, 9.17) is 5.26 Å². The molecule has 1 aliphatic carbocycles. The highest BCUT2D eigenvalue weighted by molar-refractivity contribution is 5.61. The average Bonchev–Trinajstić information content (AvgIpc) is 3.08. The van der Waals surface area contributed by atoms with Crippen molar-refractivity contribution in [2.75, 3.05) is 30.9 Å². The summed E-state index contributed by atoms with van der Waals surface area (Å²) in [6.07, 6.45) is 3.03. The van der Waals surface area contributed by atoms with Gasteiger partial charge in [-0.05, 0) is 37.5 Å². The SMILES string of the molecule is Cc1ccc(NCC2(CC#N)CC2)cc1N(C)C. The summed E-state index contributed by atoms with van der Waals surface area (Å²) in [5, 5.41) is 12.3. The predicted octanol–water partition coefficient (Wildman–Crippen LogP) is 3.17. The normalized spacial score (nSPS) is 15.9. The Balaban J connectivity index is 2.02. The fourth-order valence-corrected chi connectivity index (χ4v) is 2.25. The minimum Gasteiger partial charge on any atom is -0.384 e. The molecule has 0 atom stereocenters. The van der Waals surface area contributed by atoms with Gasteiger partial charge in [0.25, 0.3) is 0 Å². The molecular weight excluding hydrogens is 222 g/mol. The highest BCUT2D eigenvalue weighted by Gasteiger charge is 2.42. The summed E-state index contributed by atoms with van der Waals surface area (Å²) in [7, 11) is 4.12. The van der Waals surface area contributed by atoms with E-state index in [1.54, 1.807) is 0 Å². The lowest BCUT2D eigenvalue weighted by atomic mass is 10.0. The van der Waals surface area contributed by atoms with E-state index in [9.17, 15) is 0 Å². The Morgan fingerprint density at radius 3 is 2.67 bits per heavy atom. The van der Waals surface area contributed by atoms with Crippen molar-refractivity contribution in [3.05, 3.63) is 23.8 Å². The van der Waals surface area contributed by atoms with Crippen LogP contribution >= 0.6 is 0 Å². The van der Waals surface area contributed by atoms with Gasteiger partial charge in [-0.3, -0.25) is 0 Å². The lowest BCUT2D eigenvalue weighted by Crippen LogP contribution is -2.16. The van der Waals surface area contributed by atoms with Gasteiger partial charge in [0.05, 0.1) is 6.07 Å². The zero-order valence-corrected chi connectivity index (χ0v) is 11.5. The van der Waals surface area contributed by atoms with Crippen LogP contribution in [0.15, 0.2) is 18.2 Å². The third-order valence-corrected chi connectivity index (χ3v) is 3.77. The Kier molecular flexibility index (Phi) is 3.47. The van der Waals surface area contributed by atoms with E-state index in [0.717, 1.165) is 12.2 Å². The van der Waals surface area contributed by atoms with Crippen molar-refractivity contribution in [3.63, 3.8) is 0 Å². The van der Waals surface area contributed by atoms with Crippen molar-refractivity contribution < 1.29 is 0 Å². The molecule has 0 unspecified atom stereocenters. The summed E-state index contributed by atoms with van der Waals surface area (Å²) in [5.41, 5.74) is 3.92. The number of aryl methyl sites for hydroxylation is 1. The molecule has 0 bridgehead atoms. The van der Waals surface area contributed by atoms with Crippen LogP contribution in [0.1, 0.15) is 24.8 Å². The minimum absolute atomic E-state index is 0.248. The third kappa shape index (κ3) is 2.76. The molecule has 0 heterocycles. The second kappa shape index (κ2) is 4.89. The van der Waals surface area contributed by atoms with E-state index in [2.05, 4.69) is 55.5 Å². The van der Waals surface area contributed by atoms with Gasteiger partial charge in [-0.1, -0.05) is 6.07 Å². The quantitative estimate of drug-likeness (QED) is 0.863. The third-order valence-electron chi connectivity index (χ3n) is 3.77. The first kappa shape index (κ1) is 12.8. The van der Waals surface area contributed by atoms with E-state index in [1.165, 1.54) is 24.1 Å². The van der Waals surface area contributed by atoms with Gasteiger partial charge in [-0.25, -0.2) is 0 Å². The molecule has 96 valence electrons. The predicted molar refractivity (Wildman–Crippen MR) is 75.9 cm³/mol. The molecule has 0 aromatic heterocycles. The fraction of sp³-hybridized carbons (Fsp3) is 0.533. The summed E-state index contributed by atoms with van der Waals surface area (Å²) in [6.45, 7) is 3.04. The zero-order chi connectivity index (χ0) is 13.2. The standard InChI is InChI=1S/C15H21N3/c1-12-4-5-13(10-14(12)18(2)3)17-11-15(6-7-15)8-9-16/h4-5,10,17H,6-8,11H2,1-3H3. The number of hydrogen-bond donors (Lipinski definition) is 1. The van der Waals surface area contributed by atoms with Crippen LogP contribution in [0, 0.1) is 23.7 Å². The van der Waals surface area contributed by atoms with Crippen molar-refractivity contribution in [1.29, 1.82) is 5.26 Å². The first-order valence-electron chi connectivity index (χ1n) is 6.45. The van der Waals surface area contributed by atoms with Crippen molar-refractivity contribution in [3.8, 4) is 6.07 Å². The lowest BCUT2D eigenvalue weighted by molar-refractivity contribution is 0.557. The summed E-state index contributed by atoms with van der Waals surface area (Å²) < 4.78 is 0. The highest BCUT2D eigenvalue weighted by atomic mass is 15.1. The number of nitrogens with zero attached hydrogens (tertiary/aromatic N) is 2. The monoisotopic (exact) mass is 243 g/mol. The van der Waals surface area contributed by atoms with Gasteiger partial charge in [-0.15, -0.1) is 0 Å². The van der Waals surface area contributed by atoms with Crippen LogP contribution in [-0.2, 0) is 0 Å². The number of benzene rings is 1.